The Bertz CT molecular complexity index is 733. The molecule has 4 heteroatoms. The van der Waals surface area contributed by atoms with E-state index in [0.717, 1.165) is 17.3 Å². The van der Waals surface area contributed by atoms with Gasteiger partial charge in [-0.1, -0.05) is 24.3 Å². The number of nitrogens with zero attached hydrogens (tertiary/aromatic N) is 2. The minimum atomic E-state index is 0.249. The fourth-order valence-electron chi connectivity index (χ4n) is 2.45. The van der Waals surface area contributed by atoms with Gasteiger partial charge in [-0.05, 0) is 38.6 Å². The molecule has 3 rings (SSSR count). The molecule has 1 aromatic carbocycles. The maximum Gasteiger partial charge on any atom is 0.123 e. The lowest BCUT2D eigenvalue weighted by molar-refractivity contribution is 0.225. The van der Waals surface area contributed by atoms with Crippen LogP contribution in [0.25, 0.3) is 10.6 Å². The molecule has 0 fully saturated rings. The summed E-state index contributed by atoms with van der Waals surface area (Å²) >= 11 is 1.76. The molecule has 0 aliphatic carbocycles. The van der Waals surface area contributed by atoms with E-state index in [1.54, 1.807) is 17.6 Å². The summed E-state index contributed by atoms with van der Waals surface area (Å²) in [6, 6.07) is 12.6. The highest BCUT2D eigenvalue weighted by Crippen LogP contribution is 2.29. The third-order valence-electron chi connectivity index (χ3n) is 3.95. The smallest absolute Gasteiger partial charge is 0.123 e. The van der Waals surface area contributed by atoms with Crippen LogP contribution in [0.5, 0.6) is 0 Å². The zero-order valence-electron chi connectivity index (χ0n) is 13.1. The predicted octanol–water partition coefficient (Wildman–Crippen LogP) is 4.90. The van der Waals surface area contributed by atoms with Gasteiger partial charge < -0.3 is 4.42 Å². The van der Waals surface area contributed by atoms with E-state index >= 15 is 0 Å². The first-order chi connectivity index (χ1) is 10.6. The highest BCUT2D eigenvalue weighted by atomic mass is 32.1. The lowest BCUT2D eigenvalue weighted by Crippen LogP contribution is -2.20. The molecule has 22 heavy (non-hydrogen) atoms. The van der Waals surface area contributed by atoms with Crippen molar-refractivity contribution in [1.82, 2.24) is 9.88 Å². The molecule has 0 bridgehead atoms. The predicted molar refractivity (Wildman–Crippen MR) is 90.9 cm³/mol. The van der Waals surface area contributed by atoms with Gasteiger partial charge in [-0.3, -0.25) is 4.90 Å². The van der Waals surface area contributed by atoms with E-state index < -0.39 is 0 Å². The van der Waals surface area contributed by atoms with Crippen LogP contribution in [-0.2, 0) is 6.54 Å². The molecule has 0 aliphatic rings. The number of aryl methyl sites for hydroxylation is 1. The molecule has 0 unspecified atom stereocenters. The zero-order valence-corrected chi connectivity index (χ0v) is 13.9. The molecule has 2 aromatic heterocycles. The average molecular weight is 312 g/mol. The molecule has 0 spiro atoms. The van der Waals surface area contributed by atoms with Gasteiger partial charge in [0.25, 0.3) is 0 Å². The van der Waals surface area contributed by atoms with Crippen LogP contribution in [0.3, 0.4) is 0 Å². The van der Waals surface area contributed by atoms with Crippen molar-refractivity contribution in [2.24, 2.45) is 0 Å². The summed E-state index contributed by atoms with van der Waals surface area (Å²) in [6.45, 7) is 5.15. The van der Waals surface area contributed by atoms with Gasteiger partial charge in [-0.25, -0.2) is 4.98 Å². The van der Waals surface area contributed by atoms with Gasteiger partial charge in [0.15, 0.2) is 0 Å². The number of hydrogen-bond donors (Lipinski definition) is 0. The quantitative estimate of drug-likeness (QED) is 0.670. The first-order valence-electron chi connectivity index (χ1n) is 7.39. The normalized spacial score (nSPS) is 12.7. The minimum absolute atomic E-state index is 0.249. The summed E-state index contributed by atoms with van der Waals surface area (Å²) < 4.78 is 5.49. The number of benzene rings is 1. The van der Waals surface area contributed by atoms with Crippen LogP contribution >= 0.6 is 11.3 Å². The van der Waals surface area contributed by atoms with Gasteiger partial charge in [0.1, 0.15) is 10.8 Å². The molecule has 1 atom stereocenters. The van der Waals surface area contributed by atoms with E-state index in [4.69, 9.17) is 4.42 Å². The van der Waals surface area contributed by atoms with Crippen LogP contribution < -0.4 is 0 Å². The molecule has 3 aromatic rings. The molecule has 3 nitrogen and oxygen atoms in total. The Balaban J connectivity index is 1.73. The lowest BCUT2D eigenvalue weighted by Gasteiger charge is -2.21. The highest BCUT2D eigenvalue weighted by molar-refractivity contribution is 7.15. The van der Waals surface area contributed by atoms with E-state index in [9.17, 15) is 0 Å². The summed E-state index contributed by atoms with van der Waals surface area (Å²) in [5, 5.41) is 1.09. The van der Waals surface area contributed by atoms with Crippen LogP contribution in [0.2, 0.25) is 0 Å². The van der Waals surface area contributed by atoms with Crippen molar-refractivity contribution in [2.75, 3.05) is 7.05 Å². The van der Waals surface area contributed by atoms with E-state index in [2.05, 4.69) is 55.0 Å². The first kappa shape index (κ1) is 15.0. The molecular formula is C18H20N2OS. The molecule has 0 saturated heterocycles. The van der Waals surface area contributed by atoms with Crippen molar-refractivity contribution in [3.8, 4) is 10.6 Å². The second-order valence-corrected chi connectivity index (χ2v) is 6.67. The minimum Gasteiger partial charge on any atom is -0.468 e. The number of rotatable bonds is 5. The van der Waals surface area contributed by atoms with Crippen molar-refractivity contribution in [3.63, 3.8) is 0 Å². The van der Waals surface area contributed by atoms with Crippen molar-refractivity contribution in [1.29, 1.82) is 0 Å². The molecular weight excluding hydrogens is 292 g/mol. The number of thiazole rings is 1. The second kappa shape index (κ2) is 6.46. The van der Waals surface area contributed by atoms with Crippen LogP contribution in [0.4, 0.5) is 0 Å². The molecule has 0 aliphatic heterocycles. The third kappa shape index (κ3) is 3.13. The fourth-order valence-corrected chi connectivity index (χ4v) is 3.51. The Morgan fingerprint density at radius 1 is 1.23 bits per heavy atom. The van der Waals surface area contributed by atoms with E-state index in [1.165, 1.54) is 16.0 Å². The lowest BCUT2D eigenvalue weighted by atomic mass is 10.1. The van der Waals surface area contributed by atoms with Crippen molar-refractivity contribution in [3.05, 3.63) is 65.1 Å². The van der Waals surface area contributed by atoms with Gasteiger partial charge in [-0.2, -0.15) is 0 Å². The Kier molecular flexibility index (Phi) is 4.41. The van der Waals surface area contributed by atoms with Gasteiger partial charge in [0, 0.05) is 23.2 Å². The third-order valence-corrected chi connectivity index (χ3v) is 4.97. The molecule has 114 valence electrons. The van der Waals surface area contributed by atoms with Gasteiger partial charge in [0.2, 0.25) is 0 Å². The van der Waals surface area contributed by atoms with Crippen molar-refractivity contribution < 1.29 is 4.42 Å². The summed E-state index contributed by atoms with van der Waals surface area (Å²) in [5.41, 5.74) is 2.49. The van der Waals surface area contributed by atoms with Gasteiger partial charge in [0.05, 0.1) is 12.3 Å². The monoisotopic (exact) mass is 312 g/mol. The second-order valence-electron chi connectivity index (χ2n) is 5.55. The Hall–Kier alpha value is -1.91. The summed E-state index contributed by atoms with van der Waals surface area (Å²) in [6.07, 6.45) is 3.71. The van der Waals surface area contributed by atoms with Gasteiger partial charge in [-0.15, -0.1) is 11.3 Å². The van der Waals surface area contributed by atoms with Crippen LogP contribution in [0.15, 0.2) is 53.3 Å². The SMILES string of the molecule is Cc1ccccc1-c1ncc(CN(C)[C@H](C)c2ccco2)s1. The van der Waals surface area contributed by atoms with Crippen LogP contribution in [-0.4, -0.2) is 16.9 Å². The largest absolute Gasteiger partial charge is 0.468 e. The highest BCUT2D eigenvalue weighted by Gasteiger charge is 2.16. The average Bonchev–Trinajstić information content (AvgIpc) is 3.18. The topological polar surface area (TPSA) is 29.3 Å². The van der Waals surface area contributed by atoms with Crippen molar-refractivity contribution >= 4 is 11.3 Å². The first-order valence-corrected chi connectivity index (χ1v) is 8.21. The van der Waals surface area contributed by atoms with E-state index in [1.807, 2.05) is 18.3 Å². The standard InChI is InChI=1S/C18H20N2OS/c1-13-7-4-5-8-16(13)18-19-11-15(22-18)12-20(3)14(2)17-9-6-10-21-17/h4-11,14H,12H2,1-3H3/t14-/m1/s1. The van der Waals surface area contributed by atoms with Crippen molar-refractivity contribution in [2.45, 2.75) is 26.4 Å². The molecule has 0 saturated carbocycles. The number of furan rings is 1. The maximum absolute atomic E-state index is 5.49. The Labute approximate surface area is 135 Å². The summed E-state index contributed by atoms with van der Waals surface area (Å²) in [5.74, 6) is 0.992. The molecule has 0 N–H and O–H groups in total. The molecule has 0 amide bonds. The van der Waals surface area contributed by atoms with Gasteiger partial charge >= 0.3 is 0 Å². The fraction of sp³-hybridized carbons (Fsp3) is 0.278. The number of hydrogen-bond acceptors (Lipinski definition) is 4. The van der Waals surface area contributed by atoms with E-state index in [0.29, 0.717) is 0 Å². The molecule has 2 heterocycles. The Morgan fingerprint density at radius 3 is 2.77 bits per heavy atom. The summed E-state index contributed by atoms with van der Waals surface area (Å²) in [7, 11) is 2.11. The summed E-state index contributed by atoms with van der Waals surface area (Å²) in [4.78, 5) is 8.13. The van der Waals surface area contributed by atoms with E-state index in [-0.39, 0.29) is 6.04 Å². The zero-order chi connectivity index (χ0) is 15.5. The molecule has 0 radical (unpaired) electrons. The Morgan fingerprint density at radius 2 is 2.05 bits per heavy atom. The maximum atomic E-state index is 5.49. The number of aromatic nitrogens is 1. The van der Waals surface area contributed by atoms with Crippen LogP contribution in [0.1, 0.15) is 29.2 Å². The van der Waals surface area contributed by atoms with Crippen LogP contribution in [0, 0.1) is 6.92 Å².